The van der Waals surface area contributed by atoms with E-state index in [1.807, 2.05) is 6.07 Å². The molecule has 2 heterocycles. The van der Waals surface area contributed by atoms with Gasteiger partial charge in [-0.3, -0.25) is 0 Å². The maximum Gasteiger partial charge on any atom is 0.232 e. The van der Waals surface area contributed by atoms with Gasteiger partial charge < -0.3 is 15.5 Å². The van der Waals surface area contributed by atoms with Crippen LogP contribution < -0.4 is 15.5 Å². The number of piperidine rings is 1. The standard InChI is InChI=1S/C15H24ClN5S/c1-10(2)9-17-15(22)20-14-18-12(16)8-13(19-14)21-7-5-4-6-11(21)3/h8,10-11H,4-7,9H2,1-3H3,(H2,17,18,19,20,22)/t11-/m0/s1. The van der Waals surface area contributed by atoms with Crippen LogP contribution in [0.3, 0.4) is 0 Å². The van der Waals surface area contributed by atoms with Crippen LogP contribution in [-0.2, 0) is 0 Å². The molecule has 1 aliphatic rings. The number of anilines is 2. The molecule has 0 radical (unpaired) electrons. The van der Waals surface area contributed by atoms with Crippen molar-refractivity contribution in [1.29, 1.82) is 0 Å². The van der Waals surface area contributed by atoms with Crippen molar-refractivity contribution >= 4 is 40.7 Å². The van der Waals surface area contributed by atoms with Gasteiger partial charge in [-0.15, -0.1) is 0 Å². The molecule has 5 nitrogen and oxygen atoms in total. The number of nitrogens with zero attached hydrogens (tertiary/aromatic N) is 3. The van der Waals surface area contributed by atoms with Crippen LogP contribution in [0.1, 0.15) is 40.0 Å². The van der Waals surface area contributed by atoms with Crippen molar-refractivity contribution in [3.05, 3.63) is 11.2 Å². The van der Waals surface area contributed by atoms with Gasteiger partial charge in [0.25, 0.3) is 0 Å². The van der Waals surface area contributed by atoms with E-state index < -0.39 is 0 Å². The Hall–Kier alpha value is -1.14. The molecule has 0 spiro atoms. The normalized spacial score (nSPS) is 18.4. The SMILES string of the molecule is CC(C)CNC(=S)Nc1nc(Cl)cc(N2CCCC[C@@H]2C)n1. The third-order valence-electron chi connectivity index (χ3n) is 3.67. The van der Waals surface area contributed by atoms with Crippen LogP contribution in [0, 0.1) is 5.92 Å². The summed E-state index contributed by atoms with van der Waals surface area (Å²) in [7, 11) is 0. The summed E-state index contributed by atoms with van der Waals surface area (Å²) in [6.07, 6.45) is 3.63. The second-order valence-corrected chi connectivity index (χ2v) is 6.94. The Labute approximate surface area is 142 Å². The van der Waals surface area contributed by atoms with Crippen LogP contribution in [0.5, 0.6) is 0 Å². The number of halogens is 1. The maximum atomic E-state index is 6.15. The topological polar surface area (TPSA) is 53.1 Å². The van der Waals surface area contributed by atoms with E-state index in [0.717, 1.165) is 18.9 Å². The van der Waals surface area contributed by atoms with E-state index in [2.05, 4.69) is 46.3 Å². The number of rotatable bonds is 4. The Bertz CT molecular complexity index is 523. The molecule has 1 aliphatic heterocycles. The number of thiocarbonyl (C=S) groups is 1. The highest BCUT2D eigenvalue weighted by atomic mass is 35.5. The van der Waals surface area contributed by atoms with Crippen molar-refractivity contribution in [2.75, 3.05) is 23.3 Å². The third kappa shape index (κ3) is 4.95. The summed E-state index contributed by atoms with van der Waals surface area (Å²) in [5, 5.41) is 7.11. The average Bonchev–Trinajstić information content (AvgIpc) is 2.45. The van der Waals surface area contributed by atoms with Gasteiger partial charge in [-0.2, -0.15) is 4.98 Å². The molecule has 2 rings (SSSR count). The lowest BCUT2D eigenvalue weighted by atomic mass is 10.0. The molecule has 22 heavy (non-hydrogen) atoms. The van der Waals surface area contributed by atoms with Gasteiger partial charge in [0.2, 0.25) is 5.95 Å². The molecule has 1 atom stereocenters. The minimum absolute atomic E-state index is 0.428. The van der Waals surface area contributed by atoms with Crippen molar-refractivity contribution in [2.24, 2.45) is 5.92 Å². The number of aromatic nitrogens is 2. The predicted molar refractivity (Wildman–Crippen MR) is 96.8 cm³/mol. The lowest BCUT2D eigenvalue weighted by Gasteiger charge is -2.34. The Morgan fingerprint density at radius 1 is 1.45 bits per heavy atom. The molecule has 0 aromatic carbocycles. The van der Waals surface area contributed by atoms with Gasteiger partial charge in [0.15, 0.2) is 5.11 Å². The van der Waals surface area contributed by atoms with E-state index in [-0.39, 0.29) is 0 Å². The van der Waals surface area contributed by atoms with Crippen LogP contribution in [0.4, 0.5) is 11.8 Å². The van der Waals surface area contributed by atoms with Gasteiger partial charge in [0.1, 0.15) is 11.0 Å². The molecule has 0 bridgehead atoms. The summed E-state index contributed by atoms with van der Waals surface area (Å²) in [6.45, 7) is 8.28. The third-order valence-corrected chi connectivity index (χ3v) is 4.11. The summed E-state index contributed by atoms with van der Waals surface area (Å²) in [6, 6.07) is 2.29. The zero-order valence-electron chi connectivity index (χ0n) is 13.4. The Balaban J connectivity index is 2.07. The number of nitrogens with one attached hydrogen (secondary N) is 2. The fourth-order valence-corrected chi connectivity index (χ4v) is 2.84. The fourth-order valence-electron chi connectivity index (χ4n) is 2.49. The zero-order valence-corrected chi connectivity index (χ0v) is 15.0. The Morgan fingerprint density at radius 2 is 2.23 bits per heavy atom. The number of hydrogen-bond acceptors (Lipinski definition) is 4. The first-order valence-corrected chi connectivity index (χ1v) is 8.60. The molecule has 0 unspecified atom stereocenters. The summed E-state index contributed by atoms with van der Waals surface area (Å²) in [5.41, 5.74) is 0. The highest BCUT2D eigenvalue weighted by molar-refractivity contribution is 7.80. The number of hydrogen-bond donors (Lipinski definition) is 2. The molecule has 122 valence electrons. The minimum atomic E-state index is 0.428. The average molecular weight is 342 g/mol. The van der Waals surface area contributed by atoms with Gasteiger partial charge in [-0.1, -0.05) is 25.4 Å². The zero-order chi connectivity index (χ0) is 16.1. The smallest absolute Gasteiger partial charge is 0.232 e. The van der Waals surface area contributed by atoms with E-state index in [1.165, 1.54) is 19.3 Å². The second kappa shape index (κ2) is 7.92. The molecule has 2 N–H and O–H groups in total. The lowest BCUT2D eigenvalue weighted by Crippen LogP contribution is -2.38. The predicted octanol–water partition coefficient (Wildman–Crippen LogP) is 3.45. The summed E-state index contributed by atoms with van der Waals surface area (Å²) >= 11 is 11.4. The van der Waals surface area contributed by atoms with Gasteiger partial charge in [0, 0.05) is 25.2 Å². The van der Waals surface area contributed by atoms with Crippen molar-refractivity contribution in [3.8, 4) is 0 Å². The lowest BCUT2D eigenvalue weighted by molar-refractivity contribution is 0.481. The minimum Gasteiger partial charge on any atom is -0.362 e. The first kappa shape index (κ1) is 17.2. The van der Waals surface area contributed by atoms with Gasteiger partial charge >= 0.3 is 0 Å². The van der Waals surface area contributed by atoms with Crippen LogP contribution in [-0.4, -0.2) is 34.2 Å². The van der Waals surface area contributed by atoms with E-state index in [1.54, 1.807) is 0 Å². The Morgan fingerprint density at radius 3 is 2.91 bits per heavy atom. The van der Waals surface area contributed by atoms with Gasteiger partial charge in [0.05, 0.1) is 0 Å². The quantitative estimate of drug-likeness (QED) is 0.646. The molecule has 1 aromatic heterocycles. The molecule has 0 saturated carbocycles. The van der Waals surface area contributed by atoms with Crippen LogP contribution in [0.2, 0.25) is 5.15 Å². The molecule has 1 aromatic rings. The molecular weight excluding hydrogens is 318 g/mol. The van der Waals surface area contributed by atoms with E-state index in [0.29, 0.717) is 28.2 Å². The van der Waals surface area contributed by atoms with Gasteiger partial charge in [-0.25, -0.2) is 4.98 Å². The van der Waals surface area contributed by atoms with E-state index in [9.17, 15) is 0 Å². The first-order chi connectivity index (χ1) is 10.5. The van der Waals surface area contributed by atoms with Crippen molar-refractivity contribution in [2.45, 2.75) is 46.1 Å². The van der Waals surface area contributed by atoms with Crippen LogP contribution >= 0.6 is 23.8 Å². The summed E-state index contributed by atoms with van der Waals surface area (Å²) < 4.78 is 0. The fraction of sp³-hybridized carbons (Fsp3) is 0.667. The Kier molecular flexibility index (Phi) is 6.20. The van der Waals surface area contributed by atoms with Crippen LogP contribution in [0.25, 0.3) is 0 Å². The monoisotopic (exact) mass is 341 g/mol. The summed E-state index contributed by atoms with van der Waals surface area (Å²) in [5.74, 6) is 1.83. The molecule has 1 fully saturated rings. The maximum absolute atomic E-state index is 6.15. The highest BCUT2D eigenvalue weighted by Gasteiger charge is 2.20. The van der Waals surface area contributed by atoms with E-state index >= 15 is 0 Å². The van der Waals surface area contributed by atoms with E-state index in [4.69, 9.17) is 23.8 Å². The van der Waals surface area contributed by atoms with Crippen molar-refractivity contribution < 1.29 is 0 Å². The molecular formula is C15H24ClN5S. The first-order valence-electron chi connectivity index (χ1n) is 7.82. The van der Waals surface area contributed by atoms with Crippen molar-refractivity contribution in [1.82, 2.24) is 15.3 Å². The molecule has 0 aliphatic carbocycles. The van der Waals surface area contributed by atoms with Crippen LogP contribution in [0.15, 0.2) is 6.07 Å². The second-order valence-electron chi connectivity index (χ2n) is 6.14. The highest BCUT2D eigenvalue weighted by Crippen LogP contribution is 2.25. The van der Waals surface area contributed by atoms with Crippen molar-refractivity contribution in [3.63, 3.8) is 0 Å². The molecule has 1 saturated heterocycles. The molecule has 0 amide bonds. The molecule has 7 heteroatoms. The largest absolute Gasteiger partial charge is 0.362 e. The van der Waals surface area contributed by atoms with Gasteiger partial charge in [-0.05, 0) is 44.3 Å². The summed E-state index contributed by atoms with van der Waals surface area (Å²) in [4.78, 5) is 11.1.